The van der Waals surface area contributed by atoms with E-state index in [1.807, 2.05) is 49.6 Å². The third-order valence-corrected chi connectivity index (χ3v) is 5.76. The van der Waals surface area contributed by atoms with Crippen LogP contribution in [0.4, 0.5) is 28.9 Å². The summed E-state index contributed by atoms with van der Waals surface area (Å²) in [5.41, 5.74) is 4.95. The van der Waals surface area contributed by atoms with Gasteiger partial charge in [0.2, 0.25) is 0 Å². The predicted octanol–water partition coefficient (Wildman–Crippen LogP) is 6.92. The smallest absolute Gasteiger partial charge is 0.406 e. The Balaban J connectivity index is 1.76. The van der Waals surface area contributed by atoms with Gasteiger partial charge < -0.3 is 14.6 Å². The Bertz CT molecular complexity index is 1660. The summed E-state index contributed by atoms with van der Waals surface area (Å²) in [6, 6.07) is 17.1. The zero-order valence-electron chi connectivity index (χ0n) is 20.7. The molecule has 1 aromatic heterocycles. The normalized spacial score (nSPS) is 12.5. The van der Waals surface area contributed by atoms with E-state index in [9.17, 15) is 17.6 Å². The number of hydrogen-bond donors (Lipinski definition) is 1. The van der Waals surface area contributed by atoms with E-state index in [-0.39, 0.29) is 11.8 Å². The zero-order valence-corrected chi connectivity index (χ0v) is 20.7. The number of rotatable bonds is 5. The number of halogens is 4. The molecule has 0 fully saturated rings. The average molecular weight is 522 g/mol. The van der Waals surface area contributed by atoms with Gasteiger partial charge in [-0.1, -0.05) is 0 Å². The molecule has 6 nitrogen and oxygen atoms in total. The van der Waals surface area contributed by atoms with Gasteiger partial charge in [0.15, 0.2) is 0 Å². The van der Waals surface area contributed by atoms with Crippen LogP contribution in [0.3, 0.4) is 0 Å². The van der Waals surface area contributed by atoms with Gasteiger partial charge in [-0.25, -0.2) is 9.37 Å². The van der Waals surface area contributed by atoms with Crippen molar-refractivity contribution in [3.63, 3.8) is 0 Å². The van der Waals surface area contributed by atoms with Crippen molar-refractivity contribution in [3.8, 4) is 22.8 Å². The average Bonchev–Trinajstić information content (AvgIpc) is 2.84. The van der Waals surface area contributed by atoms with Gasteiger partial charge in [-0.15, -0.1) is 13.2 Å². The number of nitrogens with one attached hydrogen (secondary N) is 1. The standard InChI is InChI=1S/C28H23F4N5O/c1-16(2)34-23-15-27-25(14-22(23)35-21-5-4-12-33-17(21)3)36-24-13-18(29)6-11-26(24)37(27)19-7-9-20(10-8-19)38-28(30,31)32/h4-16,35H,1-3H3/b34-23+. The van der Waals surface area contributed by atoms with Crippen molar-refractivity contribution in [2.24, 2.45) is 4.99 Å². The van der Waals surface area contributed by atoms with Crippen molar-refractivity contribution in [2.75, 3.05) is 5.32 Å². The second kappa shape index (κ2) is 9.77. The molecule has 0 spiro atoms. The molecule has 5 rings (SSSR count). The molecule has 1 aliphatic carbocycles. The fourth-order valence-electron chi connectivity index (χ4n) is 4.19. The van der Waals surface area contributed by atoms with Crippen LogP contribution in [-0.2, 0) is 0 Å². The Morgan fingerprint density at radius 2 is 1.74 bits per heavy atom. The van der Waals surface area contributed by atoms with E-state index in [1.54, 1.807) is 12.3 Å². The summed E-state index contributed by atoms with van der Waals surface area (Å²) < 4.78 is 58.1. The highest BCUT2D eigenvalue weighted by atomic mass is 19.4. The monoisotopic (exact) mass is 521 g/mol. The first kappa shape index (κ1) is 25.2. The minimum Gasteiger partial charge on any atom is -0.406 e. The van der Waals surface area contributed by atoms with E-state index >= 15 is 0 Å². The lowest BCUT2D eigenvalue weighted by atomic mass is 10.1. The van der Waals surface area contributed by atoms with Crippen LogP contribution in [0.15, 0.2) is 77.9 Å². The predicted molar refractivity (Wildman–Crippen MR) is 137 cm³/mol. The maximum atomic E-state index is 14.2. The van der Waals surface area contributed by atoms with Crippen LogP contribution in [-0.4, -0.2) is 26.9 Å². The Morgan fingerprint density at radius 3 is 2.42 bits per heavy atom. The molecule has 194 valence electrons. The highest BCUT2D eigenvalue weighted by Gasteiger charge is 2.31. The molecule has 1 N–H and O–H groups in total. The maximum absolute atomic E-state index is 14.2. The van der Waals surface area contributed by atoms with Gasteiger partial charge in [0, 0.05) is 24.0 Å². The number of aryl methyl sites for hydroxylation is 1. The molecule has 2 aromatic carbocycles. The molecule has 38 heavy (non-hydrogen) atoms. The summed E-state index contributed by atoms with van der Waals surface area (Å²) in [6.07, 6.45) is -3.10. The van der Waals surface area contributed by atoms with E-state index < -0.39 is 12.2 Å². The molecule has 0 atom stereocenters. The number of aromatic nitrogens is 3. The quantitative estimate of drug-likeness (QED) is 0.201. The molecule has 2 aliphatic rings. The third kappa shape index (κ3) is 5.29. The van der Waals surface area contributed by atoms with Gasteiger partial charge in [0.1, 0.15) is 11.6 Å². The van der Waals surface area contributed by atoms with E-state index in [0.29, 0.717) is 39.2 Å². The number of alkyl halides is 3. The summed E-state index contributed by atoms with van der Waals surface area (Å²) in [5, 5.41) is 4.04. The van der Waals surface area contributed by atoms with Crippen LogP contribution < -0.4 is 15.4 Å². The van der Waals surface area contributed by atoms with Gasteiger partial charge in [0.05, 0.1) is 44.8 Å². The lowest BCUT2D eigenvalue weighted by molar-refractivity contribution is -0.274. The molecule has 2 heterocycles. The Kier molecular flexibility index (Phi) is 6.48. The number of nitrogens with zero attached hydrogens (tertiary/aromatic N) is 4. The minimum atomic E-state index is -4.80. The molecule has 3 aromatic rings. The Morgan fingerprint density at radius 1 is 0.974 bits per heavy atom. The lowest BCUT2D eigenvalue weighted by Gasteiger charge is -2.21. The van der Waals surface area contributed by atoms with E-state index in [4.69, 9.17) is 9.98 Å². The van der Waals surface area contributed by atoms with Crippen LogP contribution in [0.25, 0.3) is 28.1 Å². The molecule has 0 saturated carbocycles. The Labute approximate surface area is 215 Å². The highest BCUT2D eigenvalue weighted by molar-refractivity contribution is 5.84. The molecule has 10 heteroatoms. The number of ether oxygens (including phenoxy) is 1. The first-order valence-electron chi connectivity index (χ1n) is 11.8. The van der Waals surface area contributed by atoms with E-state index in [1.165, 1.54) is 36.4 Å². The molecule has 0 radical (unpaired) electrons. The number of hydrogen-bond acceptors (Lipinski definition) is 5. The second-order valence-electron chi connectivity index (χ2n) is 8.96. The second-order valence-corrected chi connectivity index (χ2v) is 8.96. The van der Waals surface area contributed by atoms with E-state index in [0.717, 1.165) is 11.4 Å². The van der Waals surface area contributed by atoms with Crippen LogP contribution in [0, 0.1) is 12.7 Å². The van der Waals surface area contributed by atoms with Gasteiger partial charge in [-0.3, -0.25) is 9.98 Å². The molecule has 0 bridgehead atoms. The van der Waals surface area contributed by atoms with E-state index in [2.05, 4.69) is 15.0 Å². The van der Waals surface area contributed by atoms with Crippen LogP contribution in [0.5, 0.6) is 5.75 Å². The first-order valence-corrected chi connectivity index (χ1v) is 11.8. The molecular formula is C28H23F4N5O. The first-order chi connectivity index (χ1) is 18.1. The summed E-state index contributed by atoms with van der Waals surface area (Å²) in [4.78, 5) is 13.8. The molecule has 1 aliphatic heterocycles. The van der Waals surface area contributed by atoms with Gasteiger partial charge >= 0.3 is 6.36 Å². The SMILES string of the molecule is Cc1ncccc1Nc1cc2nc3cc(F)ccc3n(-c3ccc(OC(F)(F)F)cc3)c-2c/c1=N\C(C)C. The van der Waals surface area contributed by atoms with Crippen LogP contribution >= 0.6 is 0 Å². The van der Waals surface area contributed by atoms with Crippen molar-refractivity contribution in [1.29, 1.82) is 0 Å². The highest BCUT2D eigenvalue weighted by Crippen LogP contribution is 2.32. The summed E-state index contributed by atoms with van der Waals surface area (Å²) >= 11 is 0. The van der Waals surface area contributed by atoms with Crippen molar-refractivity contribution in [1.82, 2.24) is 14.5 Å². The summed E-state index contributed by atoms with van der Waals surface area (Å²) in [7, 11) is 0. The number of benzene rings is 3. The molecule has 0 unspecified atom stereocenters. The number of pyridine rings is 1. The fourth-order valence-corrected chi connectivity index (χ4v) is 4.19. The zero-order chi connectivity index (χ0) is 27.0. The van der Waals surface area contributed by atoms with Crippen molar-refractivity contribution in [2.45, 2.75) is 33.2 Å². The minimum absolute atomic E-state index is 0.0299. The lowest BCUT2D eigenvalue weighted by Crippen LogP contribution is -2.17. The largest absolute Gasteiger partial charge is 0.573 e. The van der Waals surface area contributed by atoms with Gasteiger partial charge in [-0.2, -0.15) is 0 Å². The van der Waals surface area contributed by atoms with Gasteiger partial charge in [-0.05, 0) is 81.4 Å². The third-order valence-electron chi connectivity index (χ3n) is 5.76. The van der Waals surface area contributed by atoms with Crippen LogP contribution in [0.2, 0.25) is 0 Å². The fraction of sp³-hybridized carbons (Fsp3) is 0.179. The Hall–Kier alpha value is -4.47. The maximum Gasteiger partial charge on any atom is 0.573 e. The molecule has 0 amide bonds. The van der Waals surface area contributed by atoms with Crippen molar-refractivity contribution in [3.05, 3.63) is 89.8 Å². The molecular weight excluding hydrogens is 498 g/mol. The topological polar surface area (TPSA) is 64.3 Å². The summed E-state index contributed by atoms with van der Waals surface area (Å²) in [6.45, 7) is 5.80. The number of anilines is 2. The van der Waals surface area contributed by atoms with Crippen molar-refractivity contribution >= 4 is 22.4 Å². The van der Waals surface area contributed by atoms with Gasteiger partial charge in [0.25, 0.3) is 0 Å². The summed E-state index contributed by atoms with van der Waals surface area (Å²) in [5.74, 6) is -0.801. The van der Waals surface area contributed by atoms with Crippen LogP contribution in [0.1, 0.15) is 19.5 Å². The molecule has 0 saturated heterocycles. The van der Waals surface area contributed by atoms with Crippen molar-refractivity contribution < 1.29 is 22.3 Å². The number of fused-ring (bicyclic) bond motifs is 2.